The molecule has 1 atom stereocenters. The van der Waals surface area contributed by atoms with E-state index in [4.69, 9.17) is 14.6 Å². The Morgan fingerprint density at radius 3 is 2.78 bits per heavy atom. The van der Waals surface area contributed by atoms with Crippen LogP contribution in [0.1, 0.15) is 29.6 Å². The number of rotatable bonds is 5. The molecule has 6 heteroatoms. The van der Waals surface area contributed by atoms with Crippen LogP contribution in [-0.2, 0) is 4.79 Å². The number of piperidine rings is 1. The molecule has 0 saturated carbocycles. The van der Waals surface area contributed by atoms with Crippen molar-refractivity contribution >= 4 is 11.8 Å². The van der Waals surface area contributed by atoms with Crippen LogP contribution in [0.25, 0.3) is 0 Å². The number of likely N-dealkylation sites (tertiary alicyclic amines) is 1. The number of fused-ring (bicyclic) bond motifs is 1. The fourth-order valence-electron chi connectivity index (χ4n) is 3.08. The fourth-order valence-corrected chi connectivity index (χ4v) is 3.08. The van der Waals surface area contributed by atoms with Crippen molar-refractivity contribution in [3.8, 4) is 11.5 Å². The number of carbonyl (C=O) groups is 2. The average molecular weight is 319 g/mol. The highest BCUT2D eigenvalue weighted by Crippen LogP contribution is 2.31. The molecule has 0 radical (unpaired) electrons. The number of carbonyl (C=O) groups excluding carboxylic acids is 1. The third-order valence-electron chi connectivity index (χ3n) is 4.37. The van der Waals surface area contributed by atoms with Crippen LogP contribution < -0.4 is 9.47 Å². The molecule has 0 amide bonds. The van der Waals surface area contributed by atoms with Crippen LogP contribution in [0.15, 0.2) is 18.2 Å². The van der Waals surface area contributed by atoms with Gasteiger partial charge >= 0.3 is 5.97 Å². The van der Waals surface area contributed by atoms with E-state index in [0.29, 0.717) is 49.8 Å². The number of Topliss-reactive ketones (excluding diaryl/α,β-unsaturated/α-hetero) is 1. The zero-order valence-corrected chi connectivity index (χ0v) is 13.0. The van der Waals surface area contributed by atoms with Gasteiger partial charge in [0.05, 0.1) is 5.92 Å². The van der Waals surface area contributed by atoms with Gasteiger partial charge in [0.2, 0.25) is 0 Å². The van der Waals surface area contributed by atoms with Crippen LogP contribution in [0.4, 0.5) is 0 Å². The van der Waals surface area contributed by atoms with Crippen molar-refractivity contribution in [1.29, 1.82) is 0 Å². The summed E-state index contributed by atoms with van der Waals surface area (Å²) in [4.78, 5) is 25.5. The van der Waals surface area contributed by atoms with Crippen LogP contribution in [0.2, 0.25) is 0 Å². The number of aliphatic carboxylic acids is 1. The molecule has 1 fully saturated rings. The van der Waals surface area contributed by atoms with Gasteiger partial charge in [0, 0.05) is 25.1 Å². The molecule has 124 valence electrons. The highest BCUT2D eigenvalue weighted by molar-refractivity contribution is 5.96. The molecule has 1 aromatic carbocycles. The van der Waals surface area contributed by atoms with Crippen molar-refractivity contribution in [3.63, 3.8) is 0 Å². The maximum absolute atomic E-state index is 12.3. The third-order valence-corrected chi connectivity index (χ3v) is 4.37. The van der Waals surface area contributed by atoms with Crippen molar-refractivity contribution in [2.45, 2.75) is 19.3 Å². The zero-order chi connectivity index (χ0) is 16.2. The van der Waals surface area contributed by atoms with Crippen molar-refractivity contribution in [3.05, 3.63) is 23.8 Å². The molecule has 0 bridgehead atoms. The number of hydrogen-bond acceptors (Lipinski definition) is 5. The summed E-state index contributed by atoms with van der Waals surface area (Å²) in [6.07, 6.45) is 1.98. The van der Waals surface area contributed by atoms with E-state index in [-0.39, 0.29) is 11.7 Å². The summed E-state index contributed by atoms with van der Waals surface area (Å²) in [5.41, 5.74) is 0.612. The van der Waals surface area contributed by atoms with Crippen molar-refractivity contribution in [1.82, 2.24) is 4.90 Å². The van der Waals surface area contributed by atoms with Crippen molar-refractivity contribution < 1.29 is 24.2 Å². The van der Waals surface area contributed by atoms with E-state index in [2.05, 4.69) is 4.90 Å². The normalized spacial score (nSPS) is 21.0. The number of carboxylic acid groups (broad SMARTS) is 1. The Hall–Kier alpha value is -2.08. The molecular weight excluding hydrogens is 298 g/mol. The second kappa shape index (κ2) is 7.00. The fraction of sp³-hybridized carbons (Fsp3) is 0.529. The Balaban J connectivity index is 1.56. The quantitative estimate of drug-likeness (QED) is 0.835. The molecule has 2 aliphatic heterocycles. The van der Waals surface area contributed by atoms with E-state index in [1.807, 2.05) is 0 Å². The van der Waals surface area contributed by atoms with Crippen LogP contribution in [0.3, 0.4) is 0 Å². The molecular formula is C17H21NO5. The smallest absolute Gasteiger partial charge is 0.307 e. The van der Waals surface area contributed by atoms with Gasteiger partial charge in [0.25, 0.3) is 0 Å². The summed E-state index contributed by atoms with van der Waals surface area (Å²) < 4.78 is 10.9. The minimum atomic E-state index is -0.743. The summed E-state index contributed by atoms with van der Waals surface area (Å²) in [7, 11) is 0. The van der Waals surface area contributed by atoms with E-state index in [0.717, 1.165) is 19.4 Å². The summed E-state index contributed by atoms with van der Waals surface area (Å²) in [6, 6.07) is 5.25. The molecule has 1 N–H and O–H groups in total. The third kappa shape index (κ3) is 3.82. The lowest BCUT2D eigenvalue weighted by Crippen LogP contribution is -2.39. The molecule has 2 aliphatic rings. The van der Waals surface area contributed by atoms with Crippen LogP contribution in [0.5, 0.6) is 11.5 Å². The molecule has 6 nitrogen and oxygen atoms in total. The van der Waals surface area contributed by atoms with Crippen molar-refractivity contribution in [2.24, 2.45) is 5.92 Å². The number of ketones is 1. The monoisotopic (exact) mass is 319 g/mol. The van der Waals surface area contributed by atoms with Gasteiger partial charge < -0.3 is 19.5 Å². The van der Waals surface area contributed by atoms with Gasteiger partial charge in [-0.3, -0.25) is 9.59 Å². The highest BCUT2D eigenvalue weighted by Gasteiger charge is 2.25. The average Bonchev–Trinajstić information content (AvgIpc) is 2.59. The predicted molar refractivity (Wildman–Crippen MR) is 83.2 cm³/mol. The first-order valence-corrected chi connectivity index (χ1v) is 8.01. The van der Waals surface area contributed by atoms with Crippen LogP contribution >= 0.6 is 0 Å². The minimum Gasteiger partial charge on any atom is -0.486 e. The van der Waals surface area contributed by atoms with Gasteiger partial charge in [-0.25, -0.2) is 0 Å². The van der Waals surface area contributed by atoms with E-state index in [1.165, 1.54) is 0 Å². The first-order chi connectivity index (χ1) is 11.1. The number of hydrogen-bond donors (Lipinski definition) is 1. The zero-order valence-electron chi connectivity index (χ0n) is 13.0. The topological polar surface area (TPSA) is 76.1 Å². The summed E-state index contributed by atoms with van der Waals surface area (Å²) in [5.74, 6) is 0.277. The summed E-state index contributed by atoms with van der Waals surface area (Å²) >= 11 is 0. The maximum atomic E-state index is 12.3. The van der Waals surface area contributed by atoms with E-state index >= 15 is 0 Å². The van der Waals surface area contributed by atoms with Crippen LogP contribution in [0, 0.1) is 5.92 Å². The summed E-state index contributed by atoms with van der Waals surface area (Å²) in [6.45, 7) is 3.01. The maximum Gasteiger partial charge on any atom is 0.307 e. The lowest BCUT2D eigenvalue weighted by molar-refractivity contribution is -0.143. The molecule has 1 unspecified atom stereocenters. The van der Waals surface area contributed by atoms with Gasteiger partial charge in [-0.15, -0.1) is 0 Å². The number of benzene rings is 1. The first-order valence-electron chi connectivity index (χ1n) is 8.01. The van der Waals surface area contributed by atoms with E-state index < -0.39 is 5.97 Å². The molecule has 23 heavy (non-hydrogen) atoms. The van der Waals surface area contributed by atoms with E-state index in [9.17, 15) is 9.59 Å². The SMILES string of the molecule is O=C(CCN1CCCC(C(=O)O)C1)c1ccc2c(c1)OCCO2. The Labute approximate surface area is 135 Å². The van der Waals surface area contributed by atoms with E-state index in [1.54, 1.807) is 18.2 Å². The van der Waals surface area contributed by atoms with Gasteiger partial charge in [-0.2, -0.15) is 0 Å². The molecule has 3 rings (SSSR count). The predicted octanol–water partition coefficient (Wildman–Crippen LogP) is 1.83. The second-order valence-corrected chi connectivity index (χ2v) is 6.01. The number of nitrogens with zero attached hydrogens (tertiary/aromatic N) is 1. The molecule has 2 heterocycles. The lowest BCUT2D eigenvalue weighted by Gasteiger charge is -2.30. The number of carboxylic acids is 1. The standard InChI is InChI=1S/C17H21NO5/c19-14(5-7-18-6-1-2-13(11-18)17(20)21)12-3-4-15-16(10-12)23-9-8-22-15/h3-4,10,13H,1-2,5-9,11H2,(H,20,21). The van der Waals surface area contributed by atoms with Crippen LogP contribution in [-0.4, -0.2) is 54.6 Å². The van der Waals surface area contributed by atoms with Gasteiger partial charge in [0.15, 0.2) is 17.3 Å². The molecule has 1 aromatic rings. The molecule has 0 aromatic heterocycles. The highest BCUT2D eigenvalue weighted by atomic mass is 16.6. The first kappa shape index (κ1) is 15.8. The Morgan fingerprint density at radius 2 is 2.00 bits per heavy atom. The van der Waals surface area contributed by atoms with Crippen molar-refractivity contribution in [2.75, 3.05) is 32.8 Å². The molecule has 0 spiro atoms. The summed E-state index contributed by atoms with van der Waals surface area (Å²) in [5, 5.41) is 9.10. The Kier molecular flexibility index (Phi) is 4.81. The molecule has 1 saturated heterocycles. The molecule has 0 aliphatic carbocycles. The number of ether oxygens (including phenoxy) is 2. The van der Waals surface area contributed by atoms with Gasteiger partial charge in [-0.05, 0) is 37.6 Å². The van der Waals surface area contributed by atoms with Gasteiger partial charge in [-0.1, -0.05) is 0 Å². The second-order valence-electron chi connectivity index (χ2n) is 6.01. The van der Waals surface area contributed by atoms with Gasteiger partial charge in [0.1, 0.15) is 13.2 Å². The Bertz CT molecular complexity index is 601. The Morgan fingerprint density at radius 1 is 1.22 bits per heavy atom. The minimum absolute atomic E-state index is 0.0411. The lowest BCUT2D eigenvalue weighted by atomic mass is 9.98. The largest absolute Gasteiger partial charge is 0.486 e.